The smallest absolute Gasteiger partial charge is 0.416 e. The predicted molar refractivity (Wildman–Crippen MR) is 247 cm³/mol. The molecule has 1 amide bonds. The quantitative estimate of drug-likeness (QED) is 0.0344. The number of carbonyl (C=O) groups is 1. The lowest BCUT2D eigenvalue weighted by Gasteiger charge is -2.59. The first-order valence-corrected chi connectivity index (χ1v) is 22.8. The van der Waals surface area contributed by atoms with Crippen molar-refractivity contribution in [3.63, 3.8) is 0 Å². The Morgan fingerprint density at radius 1 is 0.882 bits per heavy atom. The van der Waals surface area contributed by atoms with E-state index in [-0.39, 0.29) is 80.9 Å². The number of ether oxygens (including phenoxy) is 6. The van der Waals surface area contributed by atoms with Gasteiger partial charge >= 0.3 is 6.09 Å². The average Bonchev–Trinajstić information content (AvgIpc) is 3.81. The second-order valence-electron chi connectivity index (χ2n) is 17.0. The van der Waals surface area contributed by atoms with E-state index in [0.29, 0.717) is 60.0 Å². The largest absolute Gasteiger partial charge is 0.459 e. The summed E-state index contributed by atoms with van der Waals surface area (Å²) in [5, 5.41) is 47.9. The lowest BCUT2D eigenvalue weighted by molar-refractivity contribution is -0.385. The van der Waals surface area contributed by atoms with Crippen molar-refractivity contribution in [1.82, 2.24) is 4.90 Å². The molecule has 358 valence electrons. The van der Waals surface area contributed by atoms with Gasteiger partial charge in [0, 0.05) is 55.9 Å². The van der Waals surface area contributed by atoms with Crippen LogP contribution in [-0.2, 0) is 16.1 Å². The predicted octanol–water partition coefficient (Wildman–Crippen LogP) is 9.38. The molecule has 2 aliphatic heterocycles. The van der Waals surface area contributed by atoms with Crippen LogP contribution in [0.4, 0.5) is 16.2 Å². The summed E-state index contributed by atoms with van der Waals surface area (Å²) in [5.74, 6) is -0.707. The minimum atomic E-state index is -1.67. The van der Waals surface area contributed by atoms with Crippen LogP contribution in [0.25, 0.3) is 0 Å². The van der Waals surface area contributed by atoms with Crippen molar-refractivity contribution in [3.05, 3.63) is 141 Å². The third-order valence-electron chi connectivity index (χ3n) is 12.9. The molecule has 0 aromatic heterocycles. The lowest BCUT2D eigenvalue weighted by atomic mass is 9.55. The Bertz CT molecular complexity index is 2550. The molecule has 4 aromatic rings. The third kappa shape index (κ3) is 9.98. The first-order valence-electron chi connectivity index (χ1n) is 22.8. The summed E-state index contributed by atoms with van der Waals surface area (Å²) < 4.78 is 38.2. The maximum atomic E-state index is 15.1. The van der Waals surface area contributed by atoms with E-state index < -0.39 is 39.6 Å². The number of non-ortho nitro benzene ring substituents is 2. The number of rotatable bonds is 21. The molecular weight excluding hydrogens is 881 g/mol. The van der Waals surface area contributed by atoms with Crippen LogP contribution in [0.3, 0.4) is 0 Å². The highest BCUT2D eigenvalue weighted by Crippen LogP contribution is 2.62. The molecule has 2 heterocycles. The van der Waals surface area contributed by atoms with Gasteiger partial charge in [-0.25, -0.2) is 4.79 Å². The van der Waals surface area contributed by atoms with Crippen molar-refractivity contribution in [2.75, 3.05) is 33.2 Å². The number of fused-ring (bicyclic) bond motifs is 3. The van der Waals surface area contributed by atoms with Crippen molar-refractivity contribution in [1.29, 1.82) is 0 Å². The van der Waals surface area contributed by atoms with Crippen molar-refractivity contribution >= 4 is 23.2 Å². The molecule has 2 N–H and O–H groups in total. The van der Waals surface area contributed by atoms with Gasteiger partial charge < -0.3 is 43.5 Å². The molecule has 4 aromatic carbocycles. The summed E-state index contributed by atoms with van der Waals surface area (Å²) in [5.41, 5.74) is 2.48. The first-order chi connectivity index (χ1) is 33.1. The molecule has 4 aliphatic rings. The Labute approximate surface area is 392 Å². The monoisotopic (exact) mass is 934 g/mol. The Balaban J connectivity index is 1.33. The van der Waals surface area contributed by atoms with Crippen LogP contribution >= 0.6 is 0 Å². The zero-order chi connectivity index (χ0) is 47.8. The standard InChI is InChI=1S/C50H54N4O14/c1-3-24-64-50-46(52(30-32-14-20-44-45(25-32)63-31-62-44)49(57)67-36-17-15-34(16-18-36)53(58)59)29-42(51-65-4-2)40-26-33(10-5-7-22-55)39(13-6-8-23-56)47(48(40)50)41-28-38(19-21-43(41)68-50)66-37-12-9-11-35(27-37)54(60)61/h3,9,11-12,14-21,25-28,33,39,46-48,55-56H,1,4-8,10,13,22-24,29-31H2,2H3. The van der Waals surface area contributed by atoms with E-state index in [1.54, 1.807) is 42.5 Å². The number of hydrogen-bond donors (Lipinski definition) is 2. The summed E-state index contributed by atoms with van der Waals surface area (Å²) in [7, 11) is 0. The van der Waals surface area contributed by atoms with Crippen molar-refractivity contribution < 1.29 is 58.1 Å². The number of nitro benzene ring substituents is 2. The van der Waals surface area contributed by atoms with Gasteiger partial charge in [-0.1, -0.05) is 42.3 Å². The number of oxime groups is 1. The molecule has 1 saturated carbocycles. The Morgan fingerprint density at radius 2 is 1.60 bits per heavy atom. The van der Waals surface area contributed by atoms with E-state index in [1.165, 1.54) is 41.3 Å². The number of hydrogen-bond acceptors (Lipinski definition) is 15. The second-order valence-corrected chi connectivity index (χ2v) is 17.0. The zero-order valence-corrected chi connectivity index (χ0v) is 37.6. The summed E-state index contributed by atoms with van der Waals surface area (Å²) in [6.45, 7) is 6.09. The van der Waals surface area contributed by atoms with E-state index in [1.807, 2.05) is 19.1 Å². The van der Waals surface area contributed by atoms with Gasteiger partial charge in [0.05, 0.1) is 34.1 Å². The van der Waals surface area contributed by atoms with Crippen LogP contribution in [0.5, 0.6) is 34.5 Å². The van der Waals surface area contributed by atoms with Crippen LogP contribution < -0.4 is 23.7 Å². The van der Waals surface area contributed by atoms with Crippen LogP contribution in [0.15, 0.2) is 114 Å². The molecule has 0 bridgehead atoms. The maximum absolute atomic E-state index is 15.1. The third-order valence-corrected chi connectivity index (χ3v) is 12.9. The molecular formula is C50H54N4O14. The van der Waals surface area contributed by atoms with Gasteiger partial charge in [-0.05, 0) is 104 Å². The van der Waals surface area contributed by atoms with Crippen LogP contribution in [0.1, 0.15) is 68.9 Å². The molecule has 6 atom stereocenters. The van der Waals surface area contributed by atoms with Gasteiger partial charge in [-0.2, -0.15) is 0 Å². The minimum Gasteiger partial charge on any atom is -0.459 e. The van der Waals surface area contributed by atoms with Gasteiger partial charge in [0.25, 0.3) is 11.4 Å². The second kappa shape index (κ2) is 21.3. The Hall–Kier alpha value is -7.02. The summed E-state index contributed by atoms with van der Waals surface area (Å²) in [6.07, 6.45) is 7.05. The van der Waals surface area contributed by atoms with Crippen LogP contribution in [0.2, 0.25) is 0 Å². The highest BCUT2D eigenvalue weighted by Gasteiger charge is 2.66. The summed E-state index contributed by atoms with van der Waals surface area (Å²) >= 11 is 0. The highest BCUT2D eigenvalue weighted by atomic mass is 16.7. The van der Waals surface area contributed by atoms with E-state index in [0.717, 1.165) is 24.0 Å². The number of nitro groups is 2. The van der Waals surface area contributed by atoms with E-state index >= 15 is 4.79 Å². The fourth-order valence-electron chi connectivity index (χ4n) is 9.98. The number of aliphatic hydroxyl groups excluding tert-OH is 2. The van der Waals surface area contributed by atoms with Crippen molar-refractivity contribution in [2.45, 2.75) is 76.2 Å². The van der Waals surface area contributed by atoms with Gasteiger partial charge in [0.2, 0.25) is 12.6 Å². The maximum Gasteiger partial charge on any atom is 0.416 e. The van der Waals surface area contributed by atoms with Gasteiger partial charge in [0.1, 0.15) is 35.6 Å². The van der Waals surface area contributed by atoms with Gasteiger partial charge in [-0.3, -0.25) is 25.1 Å². The summed E-state index contributed by atoms with van der Waals surface area (Å²) in [4.78, 5) is 44.7. The number of amides is 1. The van der Waals surface area contributed by atoms with Crippen molar-refractivity contribution in [2.24, 2.45) is 22.9 Å². The first kappa shape index (κ1) is 47.5. The normalized spacial score (nSPS) is 22.5. The highest BCUT2D eigenvalue weighted by molar-refractivity contribution is 6.03. The van der Waals surface area contributed by atoms with Crippen LogP contribution in [-0.4, -0.2) is 81.8 Å². The Kier molecular flexibility index (Phi) is 14.9. The number of benzene rings is 4. The van der Waals surface area contributed by atoms with Gasteiger partial charge in [0.15, 0.2) is 11.5 Å². The SMILES string of the molecule is C=CCOC12Oc3ccc(Oc4cccc([N+](=O)[O-])c4)cc3C3C(CCCCO)C(CCCCO)C=C(C(=NOCC)CC1N(Cc1ccc4c(c1)OCO4)C(=O)Oc1ccc([N+](=O)[O-])cc1)C32. The number of unbranched alkanes of at least 4 members (excludes halogenated alkanes) is 2. The minimum absolute atomic E-state index is 0.00137. The zero-order valence-electron chi connectivity index (χ0n) is 37.6. The molecule has 18 nitrogen and oxygen atoms in total. The number of allylic oxidation sites excluding steroid dienone is 1. The number of nitrogens with zero attached hydrogens (tertiary/aromatic N) is 4. The molecule has 68 heavy (non-hydrogen) atoms. The van der Waals surface area contributed by atoms with E-state index in [9.17, 15) is 30.4 Å². The molecule has 1 fully saturated rings. The summed E-state index contributed by atoms with van der Waals surface area (Å²) in [6, 6.07) is 20.9. The van der Waals surface area contributed by atoms with Gasteiger partial charge in [-0.15, -0.1) is 6.58 Å². The number of aliphatic hydroxyl groups is 2. The Morgan fingerprint density at radius 3 is 2.34 bits per heavy atom. The number of carbonyl (C=O) groups excluding carboxylic acids is 1. The molecule has 6 unspecified atom stereocenters. The average molecular weight is 935 g/mol. The molecule has 2 aliphatic carbocycles. The molecule has 18 heteroatoms. The lowest BCUT2D eigenvalue weighted by Crippen LogP contribution is -2.70. The van der Waals surface area contributed by atoms with Crippen LogP contribution in [0, 0.1) is 38.0 Å². The topological polar surface area (TPSA) is 224 Å². The molecule has 0 saturated heterocycles. The molecule has 0 spiro atoms. The molecule has 8 rings (SSSR count). The van der Waals surface area contributed by atoms with E-state index in [2.05, 4.69) is 12.7 Å². The molecule has 0 radical (unpaired) electrons. The van der Waals surface area contributed by atoms with Crippen molar-refractivity contribution in [3.8, 4) is 34.5 Å². The fourth-order valence-corrected chi connectivity index (χ4v) is 9.98. The fraction of sp³-hybridized carbons (Fsp3) is 0.400. The van der Waals surface area contributed by atoms with E-state index in [4.69, 9.17) is 38.4 Å².